The first-order valence-electron chi connectivity index (χ1n) is 7.06. The molecular weight excluding hydrogens is 254 g/mol. The Hall–Kier alpha value is -1.75. The van der Waals surface area contributed by atoms with E-state index in [0.717, 1.165) is 35.0 Å². The Labute approximate surface area is 118 Å². The molecule has 2 aromatic heterocycles. The first-order valence-corrected chi connectivity index (χ1v) is 7.06. The molecule has 5 heteroatoms. The van der Waals surface area contributed by atoms with Crippen molar-refractivity contribution in [3.63, 3.8) is 0 Å². The lowest BCUT2D eigenvalue weighted by atomic mass is 10.2. The number of aryl methyl sites for hydroxylation is 2. The average Bonchev–Trinajstić information content (AvgIpc) is 3.09. The third-order valence-corrected chi connectivity index (χ3v) is 3.78. The number of hydrogen-bond acceptors (Lipinski definition) is 4. The van der Waals surface area contributed by atoms with Crippen molar-refractivity contribution in [2.45, 2.75) is 45.9 Å². The molecule has 1 saturated carbocycles. The lowest BCUT2D eigenvalue weighted by Gasteiger charge is -2.07. The van der Waals surface area contributed by atoms with Crippen LogP contribution in [0.1, 0.15) is 35.6 Å². The summed E-state index contributed by atoms with van der Waals surface area (Å²) in [6, 6.07) is 2.65. The van der Waals surface area contributed by atoms with E-state index in [1.54, 1.807) is 6.26 Å². The Bertz CT molecular complexity index is 596. The number of ether oxygens (including phenoxy) is 1. The fourth-order valence-corrected chi connectivity index (χ4v) is 2.29. The second-order valence-corrected chi connectivity index (χ2v) is 5.44. The van der Waals surface area contributed by atoms with E-state index >= 15 is 0 Å². The molecule has 1 N–H and O–H groups in total. The van der Waals surface area contributed by atoms with E-state index in [1.807, 2.05) is 31.6 Å². The van der Waals surface area contributed by atoms with E-state index in [0.29, 0.717) is 12.6 Å². The quantitative estimate of drug-likeness (QED) is 0.880. The van der Waals surface area contributed by atoms with Gasteiger partial charge in [-0.3, -0.25) is 4.68 Å². The Balaban J connectivity index is 1.64. The summed E-state index contributed by atoms with van der Waals surface area (Å²) in [6.45, 7) is 5.28. The molecule has 0 bridgehead atoms. The van der Waals surface area contributed by atoms with Crippen molar-refractivity contribution in [1.29, 1.82) is 0 Å². The van der Waals surface area contributed by atoms with Gasteiger partial charge in [-0.15, -0.1) is 0 Å². The molecule has 0 amide bonds. The van der Waals surface area contributed by atoms with Crippen LogP contribution in [-0.2, 0) is 20.2 Å². The molecule has 1 aliphatic carbocycles. The molecule has 1 fully saturated rings. The average molecular weight is 275 g/mol. The highest BCUT2D eigenvalue weighted by molar-refractivity contribution is 5.32. The van der Waals surface area contributed by atoms with Gasteiger partial charge in [-0.2, -0.15) is 5.10 Å². The normalized spacial score (nSPS) is 14.8. The Morgan fingerprint density at radius 3 is 2.90 bits per heavy atom. The number of nitrogens with zero attached hydrogens (tertiary/aromatic N) is 2. The molecule has 2 aromatic rings. The van der Waals surface area contributed by atoms with Crippen LogP contribution in [0, 0.1) is 13.8 Å². The molecular formula is C15H21N3O2. The van der Waals surface area contributed by atoms with Gasteiger partial charge in [0.2, 0.25) is 0 Å². The van der Waals surface area contributed by atoms with Gasteiger partial charge in [-0.1, -0.05) is 0 Å². The minimum absolute atomic E-state index is 0.519. The highest BCUT2D eigenvalue weighted by Crippen LogP contribution is 2.24. The number of furan rings is 1. The summed E-state index contributed by atoms with van der Waals surface area (Å²) in [6.07, 6.45) is 4.28. The molecule has 0 spiro atoms. The van der Waals surface area contributed by atoms with E-state index in [-0.39, 0.29) is 0 Å². The van der Waals surface area contributed by atoms with Gasteiger partial charge in [0.15, 0.2) is 5.75 Å². The van der Waals surface area contributed by atoms with E-state index < -0.39 is 0 Å². The second kappa shape index (κ2) is 5.32. The molecule has 0 aliphatic heterocycles. The van der Waals surface area contributed by atoms with Gasteiger partial charge in [-0.25, -0.2) is 0 Å². The lowest BCUT2D eigenvalue weighted by molar-refractivity contribution is 0.297. The number of rotatable bonds is 6. The number of nitrogens with one attached hydrogen (secondary N) is 1. The molecule has 0 radical (unpaired) electrons. The summed E-state index contributed by atoms with van der Waals surface area (Å²) in [4.78, 5) is 0. The van der Waals surface area contributed by atoms with E-state index in [2.05, 4.69) is 10.4 Å². The molecule has 108 valence electrons. The predicted molar refractivity (Wildman–Crippen MR) is 75.6 cm³/mol. The molecule has 0 atom stereocenters. The second-order valence-electron chi connectivity index (χ2n) is 5.44. The fraction of sp³-hybridized carbons (Fsp3) is 0.533. The maximum atomic E-state index is 5.92. The van der Waals surface area contributed by atoms with Crippen LogP contribution in [0.5, 0.6) is 5.75 Å². The topological polar surface area (TPSA) is 52.2 Å². The van der Waals surface area contributed by atoms with Crippen LogP contribution < -0.4 is 10.1 Å². The van der Waals surface area contributed by atoms with E-state index in [9.17, 15) is 0 Å². The van der Waals surface area contributed by atoms with Gasteiger partial charge in [-0.05, 0) is 32.8 Å². The van der Waals surface area contributed by atoms with Crippen molar-refractivity contribution in [3.05, 3.63) is 35.0 Å². The monoisotopic (exact) mass is 275 g/mol. The van der Waals surface area contributed by atoms with Crippen molar-refractivity contribution < 1.29 is 9.15 Å². The largest absolute Gasteiger partial charge is 0.485 e. The van der Waals surface area contributed by atoms with Gasteiger partial charge < -0.3 is 14.5 Å². The maximum absolute atomic E-state index is 5.92. The third kappa shape index (κ3) is 2.72. The number of aromatic nitrogens is 2. The summed E-state index contributed by atoms with van der Waals surface area (Å²) in [5, 5.41) is 7.82. The highest BCUT2D eigenvalue weighted by atomic mass is 16.5. The minimum Gasteiger partial charge on any atom is -0.485 e. The van der Waals surface area contributed by atoms with Gasteiger partial charge in [0.05, 0.1) is 18.5 Å². The zero-order chi connectivity index (χ0) is 14.1. The van der Waals surface area contributed by atoms with Crippen molar-refractivity contribution in [3.8, 4) is 5.75 Å². The zero-order valence-electron chi connectivity index (χ0n) is 12.3. The molecule has 0 saturated heterocycles. The number of hydrogen-bond donors (Lipinski definition) is 1. The summed E-state index contributed by atoms with van der Waals surface area (Å²) >= 11 is 0. The SMILES string of the molecule is Cc1nn(C)c(C)c1OCc1ccoc1CNC1CC1. The third-order valence-electron chi connectivity index (χ3n) is 3.78. The van der Waals surface area contributed by atoms with Crippen LogP contribution in [0.2, 0.25) is 0 Å². The first-order chi connectivity index (χ1) is 9.65. The molecule has 1 aliphatic rings. The van der Waals surface area contributed by atoms with Crippen molar-refractivity contribution in [2.24, 2.45) is 7.05 Å². The Morgan fingerprint density at radius 1 is 1.45 bits per heavy atom. The van der Waals surface area contributed by atoms with Gasteiger partial charge in [0.1, 0.15) is 18.1 Å². The van der Waals surface area contributed by atoms with Gasteiger partial charge >= 0.3 is 0 Å². The summed E-state index contributed by atoms with van der Waals surface area (Å²) in [7, 11) is 1.93. The van der Waals surface area contributed by atoms with Crippen LogP contribution in [-0.4, -0.2) is 15.8 Å². The van der Waals surface area contributed by atoms with E-state index in [1.165, 1.54) is 12.8 Å². The standard InChI is InChI=1S/C15H21N3O2/c1-10-15(11(2)18(3)17-10)20-9-12-6-7-19-14(12)8-16-13-4-5-13/h6-7,13,16H,4-5,8-9H2,1-3H3. The van der Waals surface area contributed by atoms with Crippen molar-refractivity contribution in [2.75, 3.05) is 0 Å². The first kappa shape index (κ1) is 13.2. The van der Waals surface area contributed by atoms with Gasteiger partial charge in [0.25, 0.3) is 0 Å². The molecule has 5 nitrogen and oxygen atoms in total. The molecule has 0 unspecified atom stereocenters. The Morgan fingerprint density at radius 2 is 2.25 bits per heavy atom. The van der Waals surface area contributed by atoms with Crippen molar-refractivity contribution in [1.82, 2.24) is 15.1 Å². The van der Waals surface area contributed by atoms with Gasteiger partial charge in [0, 0.05) is 18.7 Å². The van der Waals surface area contributed by atoms with Crippen LogP contribution in [0.25, 0.3) is 0 Å². The summed E-state index contributed by atoms with van der Waals surface area (Å²) in [5.41, 5.74) is 3.07. The maximum Gasteiger partial charge on any atom is 0.163 e. The molecule has 20 heavy (non-hydrogen) atoms. The lowest BCUT2D eigenvalue weighted by Crippen LogP contribution is -2.16. The smallest absolute Gasteiger partial charge is 0.163 e. The molecule has 3 rings (SSSR count). The highest BCUT2D eigenvalue weighted by Gasteiger charge is 2.21. The van der Waals surface area contributed by atoms with Crippen LogP contribution >= 0.6 is 0 Å². The van der Waals surface area contributed by atoms with Crippen LogP contribution in [0.4, 0.5) is 0 Å². The molecule has 2 heterocycles. The summed E-state index contributed by atoms with van der Waals surface area (Å²) in [5.74, 6) is 1.84. The fourth-order valence-electron chi connectivity index (χ4n) is 2.29. The van der Waals surface area contributed by atoms with Crippen molar-refractivity contribution >= 4 is 0 Å². The minimum atomic E-state index is 0.519. The van der Waals surface area contributed by atoms with Crippen LogP contribution in [0.15, 0.2) is 16.7 Å². The van der Waals surface area contributed by atoms with Crippen LogP contribution in [0.3, 0.4) is 0 Å². The van der Waals surface area contributed by atoms with E-state index in [4.69, 9.17) is 9.15 Å². The Kier molecular flexibility index (Phi) is 3.53. The summed E-state index contributed by atoms with van der Waals surface area (Å²) < 4.78 is 13.3. The predicted octanol–water partition coefficient (Wildman–Crippen LogP) is 2.46. The zero-order valence-corrected chi connectivity index (χ0v) is 12.3. The molecule has 0 aromatic carbocycles.